The highest BCUT2D eigenvalue weighted by Gasteiger charge is 2.17. The molecule has 0 spiro atoms. The number of primary amides is 1. The first kappa shape index (κ1) is 30.0. The number of nitriles is 1. The van der Waals surface area contributed by atoms with Crippen LogP contribution in [0, 0.1) is 11.3 Å². The summed E-state index contributed by atoms with van der Waals surface area (Å²) in [5, 5.41) is 19.1. The van der Waals surface area contributed by atoms with Crippen LogP contribution in [-0.2, 0) is 29.0 Å². The lowest BCUT2D eigenvalue weighted by Crippen LogP contribution is -2.13. The van der Waals surface area contributed by atoms with Crippen molar-refractivity contribution in [2.45, 2.75) is 26.5 Å². The number of rotatable bonds is 9. The van der Waals surface area contributed by atoms with Gasteiger partial charge in [0.1, 0.15) is 6.61 Å². The van der Waals surface area contributed by atoms with Gasteiger partial charge in [0.25, 0.3) is 0 Å². The number of ether oxygens (including phenoxy) is 2. The maximum Gasteiger partial charge on any atom is 0.411 e. The molecule has 0 unspecified atom stereocenters. The average molecular weight is 555 g/mol. The molecule has 0 aliphatic heterocycles. The summed E-state index contributed by atoms with van der Waals surface area (Å²) in [6, 6.07) is 26.4. The number of aromatic nitrogens is 1. The molecule has 0 saturated carbocycles. The van der Waals surface area contributed by atoms with Crippen LogP contribution in [0.4, 0.5) is 15.3 Å². The molecule has 0 saturated heterocycles. The number of anilines is 1. The van der Waals surface area contributed by atoms with Gasteiger partial charge < -0.3 is 24.9 Å². The number of benzene rings is 3. The van der Waals surface area contributed by atoms with Gasteiger partial charge in [0.2, 0.25) is 0 Å². The monoisotopic (exact) mass is 554 g/mol. The van der Waals surface area contributed by atoms with Crippen molar-refractivity contribution in [1.82, 2.24) is 4.57 Å². The Hall–Kier alpha value is -5.56. The fourth-order valence-corrected chi connectivity index (χ4v) is 3.93. The predicted octanol–water partition coefficient (Wildman–Crippen LogP) is 5.55. The molecule has 41 heavy (non-hydrogen) atoms. The van der Waals surface area contributed by atoms with Crippen LogP contribution in [0.2, 0.25) is 0 Å². The number of nitrogens with two attached hydrogens (primary N) is 1. The average Bonchev–Trinajstić information content (AvgIpc) is 3.35. The number of hydrogen-bond acceptors (Lipinski definition) is 6. The fourth-order valence-electron chi connectivity index (χ4n) is 3.93. The summed E-state index contributed by atoms with van der Waals surface area (Å²) < 4.78 is 12.5. The van der Waals surface area contributed by atoms with Crippen LogP contribution in [0.5, 0.6) is 0 Å². The van der Waals surface area contributed by atoms with E-state index in [1.54, 1.807) is 31.3 Å². The Balaban J connectivity index is 0.00000108. The van der Waals surface area contributed by atoms with E-state index in [0.29, 0.717) is 29.8 Å². The minimum atomic E-state index is -1.33. The van der Waals surface area contributed by atoms with Crippen molar-refractivity contribution < 1.29 is 29.0 Å². The third-order valence-corrected chi connectivity index (χ3v) is 5.69. The van der Waals surface area contributed by atoms with Crippen molar-refractivity contribution >= 4 is 23.8 Å². The molecule has 210 valence electrons. The highest BCUT2D eigenvalue weighted by atomic mass is 16.5. The first-order chi connectivity index (χ1) is 19.8. The summed E-state index contributed by atoms with van der Waals surface area (Å²) in [7, 11) is 0. The van der Waals surface area contributed by atoms with Crippen molar-refractivity contribution in [2.24, 2.45) is 5.73 Å². The maximum absolute atomic E-state index is 12.6. The number of carboxylic acid groups (broad SMARTS) is 1. The van der Waals surface area contributed by atoms with Gasteiger partial charge in [0.15, 0.2) is 0 Å². The van der Waals surface area contributed by atoms with Gasteiger partial charge in [-0.1, -0.05) is 54.6 Å². The van der Waals surface area contributed by atoms with E-state index in [9.17, 15) is 9.59 Å². The van der Waals surface area contributed by atoms with Gasteiger partial charge in [-0.15, -0.1) is 0 Å². The van der Waals surface area contributed by atoms with Crippen LogP contribution in [0.1, 0.15) is 45.1 Å². The zero-order valence-corrected chi connectivity index (χ0v) is 22.4. The van der Waals surface area contributed by atoms with Crippen molar-refractivity contribution in [1.29, 1.82) is 5.26 Å². The normalized spacial score (nSPS) is 9.95. The summed E-state index contributed by atoms with van der Waals surface area (Å²) in [5.74, 6) is -0.374. The zero-order valence-electron chi connectivity index (χ0n) is 22.4. The lowest BCUT2D eigenvalue weighted by Gasteiger charge is -2.08. The molecule has 0 atom stereocenters. The Kier molecular flexibility index (Phi) is 11.1. The zero-order chi connectivity index (χ0) is 29.6. The molecule has 4 rings (SSSR count). The van der Waals surface area contributed by atoms with Crippen LogP contribution in [-0.4, -0.2) is 34.4 Å². The summed E-state index contributed by atoms with van der Waals surface area (Å²) in [4.78, 5) is 33.5. The van der Waals surface area contributed by atoms with Gasteiger partial charge in [0, 0.05) is 24.6 Å². The number of carbonyl (C=O) groups is 3. The molecule has 0 aliphatic rings. The van der Waals surface area contributed by atoms with Crippen LogP contribution < -0.4 is 11.1 Å². The number of carbonyl (C=O) groups excluding carboxylic acids is 2. The third kappa shape index (κ3) is 9.92. The lowest BCUT2D eigenvalue weighted by atomic mass is 10.0. The number of nitrogens with one attached hydrogen (secondary N) is 1. The predicted molar refractivity (Wildman–Crippen MR) is 152 cm³/mol. The van der Waals surface area contributed by atoms with E-state index < -0.39 is 12.2 Å². The molecule has 1 heterocycles. The standard InChI is InChI=1S/C30H27N3O4.CH3NO2/c1-2-36-29(34)28-20-33(18-25-10-6-9-24(15-25)17-31)19-26(28)16-22-11-13-27(14-12-22)32-30(35)37-21-23-7-4-3-5-8-23;2-1(3)4/h3-15,19-20H,2,16,18,21H2,1H3,(H,32,35);2H2,(H,3,4). The topological polar surface area (TPSA) is 157 Å². The molecular formula is C31H30N4O6. The van der Waals surface area contributed by atoms with Crippen molar-refractivity contribution in [3.05, 3.63) is 125 Å². The molecule has 3 aromatic carbocycles. The quantitative estimate of drug-likeness (QED) is 0.229. The minimum Gasteiger partial charge on any atom is -0.465 e. The molecule has 0 radical (unpaired) electrons. The first-order valence-electron chi connectivity index (χ1n) is 12.7. The summed E-state index contributed by atoms with van der Waals surface area (Å²) in [5.41, 5.74) is 9.41. The molecule has 0 bridgehead atoms. The molecule has 0 fully saturated rings. The van der Waals surface area contributed by atoms with E-state index in [-0.39, 0.29) is 19.2 Å². The van der Waals surface area contributed by atoms with E-state index in [0.717, 1.165) is 22.3 Å². The van der Waals surface area contributed by atoms with Crippen LogP contribution in [0.3, 0.4) is 0 Å². The Morgan fingerprint density at radius 1 is 0.927 bits per heavy atom. The Bertz CT molecular complexity index is 1500. The summed E-state index contributed by atoms with van der Waals surface area (Å²) in [6.45, 7) is 2.78. The van der Waals surface area contributed by atoms with Crippen molar-refractivity contribution in [2.75, 3.05) is 11.9 Å². The largest absolute Gasteiger partial charge is 0.465 e. The third-order valence-electron chi connectivity index (χ3n) is 5.69. The smallest absolute Gasteiger partial charge is 0.411 e. The number of esters is 1. The number of nitrogens with zero attached hydrogens (tertiary/aromatic N) is 2. The highest BCUT2D eigenvalue weighted by Crippen LogP contribution is 2.20. The summed E-state index contributed by atoms with van der Waals surface area (Å²) in [6.07, 6.45) is 2.36. The molecular weight excluding hydrogens is 524 g/mol. The van der Waals surface area contributed by atoms with Crippen molar-refractivity contribution in [3.8, 4) is 6.07 Å². The molecule has 0 aliphatic carbocycles. The van der Waals surface area contributed by atoms with Crippen molar-refractivity contribution in [3.63, 3.8) is 0 Å². The van der Waals surface area contributed by atoms with Crippen LogP contribution >= 0.6 is 0 Å². The Labute approximate surface area is 237 Å². The van der Waals surface area contributed by atoms with Gasteiger partial charge in [-0.3, -0.25) is 5.32 Å². The molecule has 4 N–H and O–H groups in total. The number of amides is 2. The second-order valence-corrected chi connectivity index (χ2v) is 8.80. The minimum absolute atomic E-state index is 0.194. The molecule has 10 nitrogen and oxygen atoms in total. The van der Waals surface area contributed by atoms with E-state index in [4.69, 9.17) is 24.6 Å². The van der Waals surface area contributed by atoms with Gasteiger partial charge in [0.05, 0.1) is 23.8 Å². The van der Waals surface area contributed by atoms with Gasteiger partial charge in [-0.2, -0.15) is 5.26 Å². The molecule has 10 heteroatoms. The molecule has 4 aromatic rings. The van der Waals surface area contributed by atoms with Crippen LogP contribution in [0.15, 0.2) is 91.3 Å². The van der Waals surface area contributed by atoms with E-state index in [1.807, 2.05) is 71.4 Å². The van der Waals surface area contributed by atoms with Gasteiger partial charge in [-0.25, -0.2) is 14.4 Å². The van der Waals surface area contributed by atoms with E-state index in [1.165, 1.54) is 0 Å². The van der Waals surface area contributed by atoms with E-state index in [2.05, 4.69) is 17.1 Å². The second kappa shape index (κ2) is 15.1. The van der Waals surface area contributed by atoms with Gasteiger partial charge >= 0.3 is 18.2 Å². The SMILES string of the molecule is CCOC(=O)c1cn(Cc2cccc(C#N)c2)cc1Cc1ccc(NC(=O)OCc2ccccc2)cc1.NC(=O)O. The molecule has 1 aromatic heterocycles. The Morgan fingerprint density at radius 3 is 2.27 bits per heavy atom. The maximum atomic E-state index is 12.6. The first-order valence-corrected chi connectivity index (χ1v) is 12.7. The second-order valence-electron chi connectivity index (χ2n) is 8.80. The van der Waals surface area contributed by atoms with Crippen LogP contribution in [0.25, 0.3) is 0 Å². The highest BCUT2D eigenvalue weighted by molar-refractivity contribution is 5.91. The lowest BCUT2D eigenvalue weighted by molar-refractivity contribution is 0.0525. The molecule has 2 amide bonds. The summed E-state index contributed by atoms with van der Waals surface area (Å²) >= 11 is 0. The fraction of sp³-hybridized carbons (Fsp3) is 0.161. The number of hydrogen-bond donors (Lipinski definition) is 3. The van der Waals surface area contributed by atoms with E-state index >= 15 is 0 Å². The van der Waals surface area contributed by atoms with Gasteiger partial charge in [-0.05, 0) is 59.9 Å². The Morgan fingerprint density at radius 2 is 1.61 bits per heavy atom.